The summed E-state index contributed by atoms with van der Waals surface area (Å²) in [5.74, 6) is 0.666. The van der Waals surface area contributed by atoms with Crippen molar-refractivity contribution in [1.82, 2.24) is 9.97 Å². The Kier molecular flexibility index (Phi) is 5.22. The van der Waals surface area contributed by atoms with Crippen LogP contribution >= 0.6 is 34.2 Å². The van der Waals surface area contributed by atoms with Crippen LogP contribution in [0.5, 0.6) is 0 Å². The Hall–Kier alpha value is 0.0600. The van der Waals surface area contributed by atoms with Gasteiger partial charge in [-0.15, -0.1) is 0 Å². The number of hydrogen-bond donors (Lipinski definition) is 0. The third kappa shape index (κ3) is 3.26. The molecule has 0 saturated heterocycles. The van der Waals surface area contributed by atoms with Crippen molar-refractivity contribution in [1.29, 1.82) is 0 Å². The van der Waals surface area contributed by atoms with E-state index < -0.39 is 0 Å². The SMILES string of the molecule is CCOC(C)c1nc(Cl)c(I)c(CC)n1. The second kappa shape index (κ2) is 5.96. The Morgan fingerprint density at radius 2 is 2.07 bits per heavy atom. The summed E-state index contributed by atoms with van der Waals surface area (Å²) >= 11 is 8.20. The van der Waals surface area contributed by atoms with Crippen LogP contribution in [0.25, 0.3) is 0 Å². The van der Waals surface area contributed by atoms with E-state index in [0.717, 1.165) is 15.7 Å². The Bertz CT molecular complexity index is 346. The molecule has 0 bridgehead atoms. The molecule has 1 rings (SSSR count). The van der Waals surface area contributed by atoms with Crippen LogP contribution in [-0.4, -0.2) is 16.6 Å². The normalized spacial score (nSPS) is 12.9. The first-order chi connectivity index (χ1) is 7.10. The number of hydrogen-bond acceptors (Lipinski definition) is 3. The monoisotopic (exact) mass is 340 g/mol. The van der Waals surface area contributed by atoms with Crippen molar-refractivity contribution in [3.63, 3.8) is 0 Å². The van der Waals surface area contributed by atoms with E-state index in [-0.39, 0.29) is 6.10 Å². The molecule has 1 atom stereocenters. The molecule has 15 heavy (non-hydrogen) atoms. The first-order valence-corrected chi connectivity index (χ1v) is 6.39. The third-order valence-electron chi connectivity index (χ3n) is 2.01. The minimum Gasteiger partial charge on any atom is -0.371 e. The molecule has 0 N–H and O–H groups in total. The van der Waals surface area contributed by atoms with Gasteiger partial charge < -0.3 is 4.74 Å². The standard InChI is InChI=1S/C10H14ClIN2O/c1-4-7-8(12)9(11)14-10(13-7)6(3)15-5-2/h6H,4-5H2,1-3H3. The van der Waals surface area contributed by atoms with Crippen molar-refractivity contribution in [2.75, 3.05) is 6.61 Å². The lowest BCUT2D eigenvalue weighted by Crippen LogP contribution is -2.08. The Morgan fingerprint density at radius 3 is 2.60 bits per heavy atom. The molecule has 0 aromatic carbocycles. The van der Waals surface area contributed by atoms with E-state index in [9.17, 15) is 0 Å². The van der Waals surface area contributed by atoms with Gasteiger partial charge in [0.25, 0.3) is 0 Å². The number of rotatable bonds is 4. The summed E-state index contributed by atoms with van der Waals surface area (Å²) in [6, 6.07) is 0. The summed E-state index contributed by atoms with van der Waals surface area (Å²) in [6.45, 7) is 6.58. The molecule has 3 nitrogen and oxygen atoms in total. The molecule has 0 amide bonds. The van der Waals surface area contributed by atoms with E-state index in [1.165, 1.54) is 0 Å². The fourth-order valence-electron chi connectivity index (χ4n) is 1.22. The van der Waals surface area contributed by atoms with Crippen LogP contribution in [0.15, 0.2) is 0 Å². The van der Waals surface area contributed by atoms with Gasteiger partial charge >= 0.3 is 0 Å². The van der Waals surface area contributed by atoms with Crippen molar-refractivity contribution in [3.8, 4) is 0 Å². The largest absolute Gasteiger partial charge is 0.371 e. The average Bonchev–Trinajstić information content (AvgIpc) is 2.22. The van der Waals surface area contributed by atoms with E-state index in [1.807, 2.05) is 13.8 Å². The van der Waals surface area contributed by atoms with Gasteiger partial charge in [-0.1, -0.05) is 18.5 Å². The smallest absolute Gasteiger partial charge is 0.158 e. The van der Waals surface area contributed by atoms with E-state index in [2.05, 4.69) is 39.5 Å². The van der Waals surface area contributed by atoms with Crippen molar-refractivity contribution >= 4 is 34.2 Å². The van der Waals surface area contributed by atoms with E-state index in [0.29, 0.717) is 17.6 Å². The van der Waals surface area contributed by atoms with Crippen LogP contribution in [0, 0.1) is 3.57 Å². The zero-order valence-corrected chi connectivity index (χ0v) is 12.0. The highest BCUT2D eigenvalue weighted by atomic mass is 127. The molecule has 0 aliphatic heterocycles. The van der Waals surface area contributed by atoms with Gasteiger partial charge in [-0.2, -0.15) is 0 Å². The molecule has 1 heterocycles. The van der Waals surface area contributed by atoms with Crippen molar-refractivity contribution in [2.24, 2.45) is 0 Å². The molecule has 1 unspecified atom stereocenters. The van der Waals surface area contributed by atoms with Gasteiger partial charge in [0.1, 0.15) is 11.3 Å². The van der Waals surface area contributed by atoms with Gasteiger partial charge in [0.2, 0.25) is 0 Å². The van der Waals surface area contributed by atoms with Crippen molar-refractivity contribution in [3.05, 3.63) is 20.2 Å². The summed E-state index contributed by atoms with van der Waals surface area (Å²) in [5, 5.41) is 0.518. The lowest BCUT2D eigenvalue weighted by atomic mass is 10.3. The molecule has 5 heteroatoms. The van der Waals surface area contributed by atoms with Crippen LogP contribution in [0.1, 0.15) is 38.4 Å². The van der Waals surface area contributed by atoms with Crippen LogP contribution < -0.4 is 0 Å². The Labute approximate surface area is 109 Å². The Morgan fingerprint density at radius 1 is 1.40 bits per heavy atom. The van der Waals surface area contributed by atoms with Crippen molar-refractivity contribution in [2.45, 2.75) is 33.3 Å². The summed E-state index contributed by atoms with van der Waals surface area (Å²) < 4.78 is 6.37. The summed E-state index contributed by atoms with van der Waals surface area (Å²) in [4.78, 5) is 8.66. The minimum atomic E-state index is -0.102. The summed E-state index contributed by atoms with van der Waals surface area (Å²) in [6.07, 6.45) is 0.751. The van der Waals surface area contributed by atoms with Crippen LogP contribution in [0.4, 0.5) is 0 Å². The first kappa shape index (κ1) is 13.1. The molecule has 1 aromatic rings. The van der Waals surface area contributed by atoms with Gasteiger partial charge in [-0.3, -0.25) is 0 Å². The lowest BCUT2D eigenvalue weighted by Gasteiger charge is -2.12. The molecule has 0 saturated carbocycles. The van der Waals surface area contributed by atoms with Crippen LogP contribution in [0.2, 0.25) is 5.15 Å². The summed E-state index contributed by atoms with van der Waals surface area (Å²) in [5.41, 5.74) is 0.983. The maximum Gasteiger partial charge on any atom is 0.158 e. The number of halogens is 2. The second-order valence-electron chi connectivity index (χ2n) is 3.08. The maximum absolute atomic E-state index is 6.03. The highest BCUT2D eigenvalue weighted by Crippen LogP contribution is 2.22. The highest BCUT2D eigenvalue weighted by molar-refractivity contribution is 14.1. The number of aromatic nitrogens is 2. The quantitative estimate of drug-likeness (QED) is 0.622. The molecule has 0 radical (unpaired) electrons. The number of ether oxygens (including phenoxy) is 1. The van der Waals surface area contributed by atoms with Gasteiger partial charge in [0.05, 0.1) is 9.26 Å². The number of aryl methyl sites for hydroxylation is 1. The first-order valence-electron chi connectivity index (χ1n) is 4.93. The van der Waals surface area contributed by atoms with Gasteiger partial charge in [-0.05, 0) is 42.9 Å². The Balaban J connectivity index is 3.05. The molecule has 84 valence electrons. The van der Waals surface area contributed by atoms with Gasteiger partial charge in [0, 0.05) is 6.61 Å². The minimum absolute atomic E-state index is 0.102. The molecule has 0 fully saturated rings. The second-order valence-corrected chi connectivity index (χ2v) is 4.52. The zero-order valence-electron chi connectivity index (χ0n) is 9.05. The topological polar surface area (TPSA) is 35.0 Å². The molecule has 1 aromatic heterocycles. The van der Waals surface area contributed by atoms with Crippen LogP contribution in [0.3, 0.4) is 0 Å². The molecular weight excluding hydrogens is 326 g/mol. The molecular formula is C10H14ClIN2O. The zero-order chi connectivity index (χ0) is 11.4. The predicted molar refractivity (Wildman–Crippen MR) is 69.2 cm³/mol. The number of nitrogens with zero attached hydrogens (tertiary/aromatic N) is 2. The third-order valence-corrected chi connectivity index (χ3v) is 3.74. The molecule has 0 aliphatic carbocycles. The molecule has 0 aliphatic rings. The van der Waals surface area contributed by atoms with Crippen molar-refractivity contribution < 1.29 is 4.74 Å². The van der Waals surface area contributed by atoms with Gasteiger partial charge in [0.15, 0.2) is 5.82 Å². The predicted octanol–water partition coefficient (Wildman–Crippen LogP) is 3.39. The van der Waals surface area contributed by atoms with E-state index in [4.69, 9.17) is 16.3 Å². The van der Waals surface area contributed by atoms with E-state index >= 15 is 0 Å². The summed E-state index contributed by atoms with van der Waals surface area (Å²) in [7, 11) is 0. The lowest BCUT2D eigenvalue weighted by molar-refractivity contribution is 0.0698. The maximum atomic E-state index is 6.03. The van der Waals surface area contributed by atoms with E-state index in [1.54, 1.807) is 0 Å². The average molecular weight is 341 g/mol. The van der Waals surface area contributed by atoms with Crippen LogP contribution in [-0.2, 0) is 11.2 Å². The molecule has 0 spiro atoms. The van der Waals surface area contributed by atoms with Gasteiger partial charge in [-0.25, -0.2) is 9.97 Å². The highest BCUT2D eigenvalue weighted by Gasteiger charge is 2.14. The fourth-order valence-corrected chi connectivity index (χ4v) is 2.04. The fraction of sp³-hybridized carbons (Fsp3) is 0.600.